The lowest BCUT2D eigenvalue weighted by Gasteiger charge is -2.15. The first-order valence-electron chi connectivity index (χ1n) is 4.90. The maximum absolute atomic E-state index is 5.86. The number of nitrogens with two attached hydrogens (primary N) is 1. The highest BCUT2D eigenvalue weighted by Crippen LogP contribution is 2.24. The predicted octanol–water partition coefficient (Wildman–Crippen LogP) is 3.50. The predicted molar refractivity (Wildman–Crippen MR) is 67.2 cm³/mol. The molecule has 0 saturated carbocycles. The summed E-state index contributed by atoms with van der Waals surface area (Å²) < 4.78 is 0. The third kappa shape index (κ3) is 2.30. The first-order valence-corrected chi connectivity index (χ1v) is 5.85. The van der Waals surface area contributed by atoms with Crippen molar-refractivity contribution in [3.63, 3.8) is 0 Å². The number of hydrogen-bond donors (Lipinski definition) is 2. The number of rotatable bonds is 3. The van der Waals surface area contributed by atoms with Crippen LogP contribution in [0.25, 0.3) is 0 Å². The Hall–Kier alpha value is -1.48. The zero-order valence-corrected chi connectivity index (χ0v) is 9.42. The molecule has 0 spiro atoms. The highest BCUT2D eigenvalue weighted by atomic mass is 32.1. The molecule has 0 saturated heterocycles. The molecule has 1 aromatic heterocycles. The van der Waals surface area contributed by atoms with Gasteiger partial charge in [-0.3, -0.25) is 0 Å². The number of nitrogen functional groups attached to an aromatic ring is 1. The minimum atomic E-state index is 0.293. The molecule has 0 amide bonds. The minimum absolute atomic E-state index is 0.293. The van der Waals surface area contributed by atoms with E-state index in [1.54, 1.807) is 11.3 Å². The van der Waals surface area contributed by atoms with E-state index in [2.05, 4.69) is 29.1 Å². The largest absolute Gasteiger partial charge is 0.397 e. The minimum Gasteiger partial charge on any atom is -0.397 e. The van der Waals surface area contributed by atoms with E-state index in [-0.39, 0.29) is 0 Å². The van der Waals surface area contributed by atoms with Crippen molar-refractivity contribution in [1.29, 1.82) is 0 Å². The normalized spacial score (nSPS) is 12.3. The molecule has 1 aromatic carbocycles. The molecule has 0 aliphatic carbocycles. The van der Waals surface area contributed by atoms with Crippen molar-refractivity contribution < 1.29 is 0 Å². The number of para-hydroxylation sites is 2. The van der Waals surface area contributed by atoms with Gasteiger partial charge in [-0.15, -0.1) is 0 Å². The average molecular weight is 218 g/mol. The van der Waals surface area contributed by atoms with Crippen LogP contribution in [0.3, 0.4) is 0 Å². The van der Waals surface area contributed by atoms with Crippen LogP contribution in [0, 0.1) is 0 Å². The van der Waals surface area contributed by atoms with E-state index in [0.29, 0.717) is 6.04 Å². The van der Waals surface area contributed by atoms with Gasteiger partial charge in [-0.25, -0.2) is 0 Å². The molecular formula is C12H14N2S. The Morgan fingerprint density at radius 3 is 2.73 bits per heavy atom. The van der Waals surface area contributed by atoms with Crippen molar-refractivity contribution in [3.8, 4) is 0 Å². The van der Waals surface area contributed by atoms with Crippen LogP contribution < -0.4 is 11.1 Å². The SMILES string of the molecule is CC(Nc1ccccc1N)c1ccsc1. The van der Waals surface area contributed by atoms with Crippen molar-refractivity contribution in [1.82, 2.24) is 0 Å². The van der Waals surface area contributed by atoms with Crippen LogP contribution >= 0.6 is 11.3 Å². The van der Waals surface area contributed by atoms with Crippen molar-refractivity contribution >= 4 is 22.7 Å². The van der Waals surface area contributed by atoms with E-state index >= 15 is 0 Å². The summed E-state index contributed by atoms with van der Waals surface area (Å²) in [5.74, 6) is 0. The topological polar surface area (TPSA) is 38.0 Å². The number of nitrogens with one attached hydrogen (secondary N) is 1. The molecule has 2 nitrogen and oxygen atoms in total. The smallest absolute Gasteiger partial charge is 0.0578 e. The lowest BCUT2D eigenvalue weighted by Crippen LogP contribution is -2.07. The van der Waals surface area contributed by atoms with E-state index in [1.807, 2.05) is 24.3 Å². The van der Waals surface area contributed by atoms with Crippen LogP contribution in [-0.2, 0) is 0 Å². The third-order valence-corrected chi connectivity index (χ3v) is 3.08. The van der Waals surface area contributed by atoms with Crippen LogP contribution in [-0.4, -0.2) is 0 Å². The summed E-state index contributed by atoms with van der Waals surface area (Å²) in [5, 5.41) is 7.63. The average Bonchev–Trinajstić information content (AvgIpc) is 2.74. The van der Waals surface area contributed by atoms with Crippen LogP contribution in [0.5, 0.6) is 0 Å². The Morgan fingerprint density at radius 1 is 1.27 bits per heavy atom. The molecule has 0 radical (unpaired) electrons. The lowest BCUT2D eigenvalue weighted by atomic mass is 10.1. The van der Waals surface area contributed by atoms with Crippen LogP contribution in [0.2, 0.25) is 0 Å². The van der Waals surface area contributed by atoms with Gasteiger partial charge in [0.1, 0.15) is 0 Å². The maximum Gasteiger partial charge on any atom is 0.0578 e. The van der Waals surface area contributed by atoms with Crippen molar-refractivity contribution in [2.24, 2.45) is 0 Å². The Kier molecular flexibility index (Phi) is 2.92. The van der Waals surface area contributed by atoms with E-state index in [4.69, 9.17) is 5.73 Å². The Bertz CT molecular complexity index is 423. The van der Waals surface area contributed by atoms with Gasteiger partial charge in [0.25, 0.3) is 0 Å². The van der Waals surface area contributed by atoms with Gasteiger partial charge in [-0.2, -0.15) is 11.3 Å². The molecule has 3 heteroatoms. The van der Waals surface area contributed by atoms with E-state index in [9.17, 15) is 0 Å². The lowest BCUT2D eigenvalue weighted by molar-refractivity contribution is 0.891. The first kappa shape index (κ1) is 10.1. The monoisotopic (exact) mass is 218 g/mol. The second-order valence-electron chi connectivity index (χ2n) is 3.51. The van der Waals surface area contributed by atoms with Gasteiger partial charge in [-0.05, 0) is 41.4 Å². The quantitative estimate of drug-likeness (QED) is 0.774. The summed E-state index contributed by atoms with van der Waals surface area (Å²) in [5.41, 5.74) is 8.94. The van der Waals surface area contributed by atoms with E-state index < -0.39 is 0 Å². The number of benzene rings is 1. The summed E-state index contributed by atoms with van der Waals surface area (Å²) in [6, 6.07) is 10.2. The number of hydrogen-bond acceptors (Lipinski definition) is 3. The summed E-state index contributed by atoms with van der Waals surface area (Å²) in [6.07, 6.45) is 0. The van der Waals surface area contributed by atoms with Gasteiger partial charge < -0.3 is 11.1 Å². The van der Waals surface area contributed by atoms with E-state index in [1.165, 1.54) is 5.56 Å². The van der Waals surface area contributed by atoms with Gasteiger partial charge in [-0.1, -0.05) is 12.1 Å². The first-order chi connectivity index (χ1) is 7.27. The van der Waals surface area contributed by atoms with Crippen molar-refractivity contribution in [3.05, 3.63) is 46.7 Å². The highest BCUT2D eigenvalue weighted by molar-refractivity contribution is 7.07. The van der Waals surface area contributed by atoms with Gasteiger partial charge in [0.2, 0.25) is 0 Å². The van der Waals surface area contributed by atoms with Gasteiger partial charge in [0.15, 0.2) is 0 Å². The molecule has 15 heavy (non-hydrogen) atoms. The zero-order chi connectivity index (χ0) is 10.7. The molecule has 0 fully saturated rings. The molecule has 2 aromatic rings. The second-order valence-corrected chi connectivity index (χ2v) is 4.29. The molecule has 1 atom stereocenters. The summed E-state index contributed by atoms with van der Waals surface area (Å²) >= 11 is 1.71. The Morgan fingerprint density at radius 2 is 2.07 bits per heavy atom. The number of anilines is 2. The molecule has 0 aliphatic heterocycles. The fourth-order valence-corrected chi connectivity index (χ4v) is 2.22. The van der Waals surface area contributed by atoms with Gasteiger partial charge >= 0.3 is 0 Å². The molecule has 0 aliphatic rings. The summed E-state index contributed by atoms with van der Waals surface area (Å²) in [4.78, 5) is 0. The van der Waals surface area contributed by atoms with E-state index in [0.717, 1.165) is 11.4 Å². The van der Waals surface area contributed by atoms with Crippen LogP contribution in [0.1, 0.15) is 18.5 Å². The molecule has 1 heterocycles. The Labute approximate surface area is 93.7 Å². The molecular weight excluding hydrogens is 204 g/mol. The Balaban J connectivity index is 2.13. The molecule has 78 valence electrons. The summed E-state index contributed by atoms with van der Waals surface area (Å²) in [6.45, 7) is 2.13. The number of thiophene rings is 1. The zero-order valence-electron chi connectivity index (χ0n) is 8.60. The second kappa shape index (κ2) is 4.36. The highest BCUT2D eigenvalue weighted by Gasteiger charge is 2.06. The standard InChI is InChI=1S/C12H14N2S/c1-9(10-6-7-15-8-10)14-12-5-3-2-4-11(12)13/h2-9,14H,13H2,1H3. The molecule has 3 N–H and O–H groups in total. The van der Waals surface area contributed by atoms with Gasteiger partial charge in [0, 0.05) is 6.04 Å². The fraction of sp³-hybridized carbons (Fsp3) is 0.167. The maximum atomic E-state index is 5.86. The molecule has 0 bridgehead atoms. The van der Waals surface area contributed by atoms with Crippen LogP contribution in [0.4, 0.5) is 11.4 Å². The molecule has 1 unspecified atom stereocenters. The van der Waals surface area contributed by atoms with Gasteiger partial charge in [0.05, 0.1) is 11.4 Å². The third-order valence-electron chi connectivity index (χ3n) is 2.38. The van der Waals surface area contributed by atoms with Crippen molar-refractivity contribution in [2.45, 2.75) is 13.0 Å². The fourth-order valence-electron chi connectivity index (χ4n) is 1.47. The summed E-state index contributed by atoms with van der Waals surface area (Å²) in [7, 11) is 0. The molecule has 2 rings (SSSR count). The van der Waals surface area contributed by atoms with Crippen LogP contribution in [0.15, 0.2) is 41.1 Å². The van der Waals surface area contributed by atoms with Crippen molar-refractivity contribution in [2.75, 3.05) is 11.1 Å².